The molecule has 0 radical (unpaired) electrons. The maximum Gasteiger partial charge on any atom is 0.328 e. The molecule has 0 fully saturated rings. The van der Waals surface area contributed by atoms with Crippen molar-refractivity contribution >= 4 is 22.6 Å². The number of rotatable bonds is 7. The summed E-state index contributed by atoms with van der Waals surface area (Å²) in [5, 5.41) is 4.96. The minimum Gasteiger partial charge on any atom is -0.464 e. The first-order valence-electron chi connectivity index (χ1n) is 8.01. The Morgan fingerprint density at radius 3 is 2.57 bits per heavy atom. The number of benzene rings is 2. The molecule has 0 aliphatic heterocycles. The van der Waals surface area contributed by atoms with Crippen LogP contribution in [0.1, 0.15) is 32.3 Å². The highest BCUT2D eigenvalue weighted by Crippen LogP contribution is 2.17. The van der Waals surface area contributed by atoms with E-state index in [9.17, 15) is 9.59 Å². The molecule has 1 atom stereocenters. The number of nitrogens with one attached hydrogen (secondary N) is 1. The molecule has 4 heteroatoms. The molecule has 0 aliphatic rings. The third-order valence-corrected chi connectivity index (χ3v) is 3.66. The number of amides is 1. The molecule has 0 bridgehead atoms. The van der Waals surface area contributed by atoms with Crippen molar-refractivity contribution in [1.82, 2.24) is 5.32 Å². The first-order chi connectivity index (χ1) is 11.1. The number of hydrogen-bond acceptors (Lipinski definition) is 3. The van der Waals surface area contributed by atoms with Gasteiger partial charge < -0.3 is 10.1 Å². The molecule has 0 unspecified atom stereocenters. The van der Waals surface area contributed by atoms with Crippen LogP contribution in [0.3, 0.4) is 0 Å². The highest BCUT2D eigenvalue weighted by molar-refractivity contribution is 5.85. The van der Waals surface area contributed by atoms with Crippen LogP contribution in [-0.4, -0.2) is 24.5 Å². The van der Waals surface area contributed by atoms with E-state index in [1.54, 1.807) is 0 Å². The van der Waals surface area contributed by atoms with Gasteiger partial charge in [-0.15, -0.1) is 0 Å². The number of carbonyl (C=O) groups excluding carboxylic acids is 2. The van der Waals surface area contributed by atoms with Crippen molar-refractivity contribution < 1.29 is 14.3 Å². The largest absolute Gasteiger partial charge is 0.464 e. The Hall–Kier alpha value is -2.36. The van der Waals surface area contributed by atoms with Gasteiger partial charge in [0.05, 0.1) is 6.61 Å². The SMILES string of the molecule is CCCCOC(=O)[C@H](Cc1ccc2ccccc2c1)NC(C)=O. The summed E-state index contributed by atoms with van der Waals surface area (Å²) in [5.74, 6) is -0.606. The molecule has 23 heavy (non-hydrogen) atoms. The van der Waals surface area contributed by atoms with Gasteiger partial charge in [-0.3, -0.25) is 4.79 Å². The normalized spacial score (nSPS) is 11.9. The molecular weight excluding hydrogens is 290 g/mol. The summed E-state index contributed by atoms with van der Waals surface area (Å²) in [5.41, 5.74) is 0.995. The quantitative estimate of drug-likeness (QED) is 0.631. The van der Waals surface area contributed by atoms with Crippen LogP contribution in [0.15, 0.2) is 42.5 Å². The Bertz CT molecular complexity index is 681. The fraction of sp³-hybridized carbons (Fsp3) is 0.368. The van der Waals surface area contributed by atoms with E-state index < -0.39 is 6.04 Å². The second-order valence-electron chi connectivity index (χ2n) is 5.66. The van der Waals surface area contributed by atoms with Crippen LogP contribution in [0.4, 0.5) is 0 Å². The van der Waals surface area contributed by atoms with Gasteiger partial charge in [0.15, 0.2) is 0 Å². The zero-order chi connectivity index (χ0) is 16.7. The molecule has 1 amide bonds. The first kappa shape index (κ1) is 17.0. The Morgan fingerprint density at radius 1 is 1.13 bits per heavy atom. The Balaban J connectivity index is 2.11. The standard InChI is InChI=1S/C19H23NO3/c1-3-4-11-23-19(22)18(20-14(2)21)13-15-9-10-16-7-5-6-8-17(16)12-15/h5-10,12,18H,3-4,11,13H2,1-2H3,(H,20,21)/t18-/m0/s1. The summed E-state index contributed by atoms with van der Waals surface area (Å²) in [4.78, 5) is 23.6. The molecule has 0 spiro atoms. The zero-order valence-corrected chi connectivity index (χ0v) is 13.7. The van der Waals surface area contributed by atoms with E-state index in [-0.39, 0.29) is 11.9 Å². The van der Waals surface area contributed by atoms with E-state index in [2.05, 4.69) is 5.32 Å². The van der Waals surface area contributed by atoms with Crippen LogP contribution in [0.5, 0.6) is 0 Å². The van der Waals surface area contributed by atoms with E-state index >= 15 is 0 Å². The second kappa shape index (κ2) is 8.32. The first-order valence-corrected chi connectivity index (χ1v) is 8.01. The Kier molecular flexibility index (Phi) is 6.15. The molecule has 0 aromatic heterocycles. The summed E-state index contributed by atoms with van der Waals surface area (Å²) >= 11 is 0. The number of unbranched alkanes of at least 4 members (excludes halogenated alkanes) is 1. The topological polar surface area (TPSA) is 55.4 Å². The average Bonchev–Trinajstić information content (AvgIpc) is 2.54. The molecule has 2 rings (SSSR count). The van der Waals surface area contributed by atoms with Gasteiger partial charge in [-0.1, -0.05) is 55.8 Å². The minimum absolute atomic E-state index is 0.233. The van der Waals surface area contributed by atoms with Gasteiger partial charge >= 0.3 is 5.97 Å². The fourth-order valence-corrected chi connectivity index (χ4v) is 2.46. The van der Waals surface area contributed by atoms with Gasteiger partial charge in [-0.05, 0) is 22.8 Å². The molecule has 1 N–H and O–H groups in total. The predicted molar refractivity (Wildman–Crippen MR) is 91.1 cm³/mol. The monoisotopic (exact) mass is 313 g/mol. The summed E-state index contributed by atoms with van der Waals surface area (Å²) in [6, 6.07) is 13.5. The van der Waals surface area contributed by atoms with E-state index in [1.165, 1.54) is 6.92 Å². The molecule has 0 aliphatic carbocycles. The second-order valence-corrected chi connectivity index (χ2v) is 5.66. The van der Waals surface area contributed by atoms with Crippen LogP contribution in [0.2, 0.25) is 0 Å². The number of ether oxygens (including phenoxy) is 1. The third kappa shape index (κ3) is 5.09. The van der Waals surface area contributed by atoms with Gasteiger partial charge in [0.2, 0.25) is 5.91 Å². The molecule has 122 valence electrons. The number of fused-ring (bicyclic) bond motifs is 1. The number of esters is 1. The van der Waals surface area contributed by atoms with Crippen molar-refractivity contribution in [3.63, 3.8) is 0 Å². The molecule has 2 aromatic carbocycles. The lowest BCUT2D eigenvalue weighted by atomic mass is 10.0. The van der Waals surface area contributed by atoms with E-state index in [1.807, 2.05) is 49.4 Å². The van der Waals surface area contributed by atoms with Gasteiger partial charge in [-0.25, -0.2) is 4.79 Å². The molecule has 0 saturated heterocycles. The van der Waals surface area contributed by atoms with E-state index in [0.29, 0.717) is 13.0 Å². The van der Waals surface area contributed by atoms with Crippen molar-refractivity contribution in [2.75, 3.05) is 6.61 Å². The van der Waals surface area contributed by atoms with Crippen molar-refractivity contribution in [2.24, 2.45) is 0 Å². The maximum atomic E-state index is 12.2. The lowest BCUT2D eigenvalue weighted by molar-refractivity contribution is -0.147. The smallest absolute Gasteiger partial charge is 0.328 e. The van der Waals surface area contributed by atoms with Gasteiger partial charge in [0.1, 0.15) is 6.04 Å². The third-order valence-electron chi connectivity index (χ3n) is 3.66. The highest BCUT2D eigenvalue weighted by atomic mass is 16.5. The Labute approximate surface area is 136 Å². The highest BCUT2D eigenvalue weighted by Gasteiger charge is 2.21. The van der Waals surface area contributed by atoms with Crippen LogP contribution in [-0.2, 0) is 20.7 Å². The van der Waals surface area contributed by atoms with Gasteiger partial charge in [-0.2, -0.15) is 0 Å². The minimum atomic E-state index is -0.648. The van der Waals surface area contributed by atoms with E-state index in [4.69, 9.17) is 4.74 Å². The average molecular weight is 313 g/mol. The molecular formula is C19H23NO3. The van der Waals surface area contributed by atoms with Crippen LogP contribution < -0.4 is 5.32 Å². The van der Waals surface area contributed by atoms with Crippen LogP contribution in [0, 0.1) is 0 Å². The van der Waals surface area contributed by atoms with Gasteiger partial charge in [0, 0.05) is 13.3 Å². The Morgan fingerprint density at radius 2 is 1.87 bits per heavy atom. The van der Waals surface area contributed by atoms with E-state index in [0.717, 1.165) is 29.2 Å². The molecule has 0 saturated carbocycles. The lowest BCUT2D eigenvalue weighted by Crippen LogP contribution is -2.42. The summed E-state index contributed by atoms with van der Waals surface area (Å²) < 4.78 is 5.25. The molecule has 4 nitrogen and oxygen atoms in total. The summed E-state index contributed by atoms with van der Waals surface area (Å²) in [7, 11) is 0. The molecule has 0 heterocycles. The van der Waals surface area contributed by atoms with Crippen molar-refractivity contribution in [1.29, 1.82) is 0 Å². The fourth-order valence-electron chi connectivity index (χ4n) is 2.46. The predicted octanol–water partition coefficient (Wildman–Crippen LogP) is 3.23. The zero-order valence-electron chi connectivity index (χ0n) is 13.7. The van der Waals surface area contributed by atoms with Crippen molar-refractivity contribution in [3.05, 3.63) is 48.0 Å². The maximum absolute atomic E-state index is 12.2. The number of carbonyl (C=O) groups is 2. The van der Waals surface area contributed by atoms with Crippen LogP contribution in [0.25, 0.3) is 10.8 Å². The van der Waals surface area contributed by atoms with Crippen LogP contribution >= 0.6 is 0 Å². The summed E-state index contributed by atoms with van der Waals surface area (Å²) in [6.45, 7) is 3.84. The van der Waals surface area contributed by atoms with Crippen molar-refractivity contribution in [2.45, 2.75) is 39.2 Å². The molecule has 2 aromatic rings. The van der Waals surface area contributed by atoms with Crippen molar-refractivity contribution in [3.8, 4) is 0 Å². The summed E-state index contributed by atoms with van der Waals surface area (Å²) in [6.07, 6.45) is 2.21. The lowest BCUT2D eigenvalue weighted by Gasteiger charge is -2.17. The van der Waals surface area contributed by atoms with Gasteiger partial charge in [0.25, 0.3) is 0 Å². The number of hydrogen-bond donors (Lipinski definition) is 1.